The number of hydrogen-bond donors (Lipinski definition) is 1. The molecule has 1 aromatic rings. The molecular formula is C13H20O3. The van der Waals surface area contributed by atoms with Gasteiger partial charge in [-0.25, -0.2) is 0 Å². The quantitative estimate of drug-likeness (QED) is 0.688. The molecule has 16 heavy (non-hydrogen) atoms. The van der Waals surface area contributed by atoms with Gasteiger partial charge in [0.15, 0.2) is 0 Å². The fourth-order valence-corrected chi connectivity index (χ4v) is 1.34. The van der Waals surface area contributed by atoms with Gasteiger partial charge in [0.25, 0.3) is 0 Å². The summed E-state index contributed by atoms with van der Waals surface area (Å²) in [5.41, 5.74) is 0. The number of rotatable bonds is 8. The van der Waals surface area contributed by atoms with Crippen LogP contribution >= 0.6 is 0 Å². The Bertz CT molecular complexity index is 261. The summed E-state index contributed by atoms with van der Waals surface area (Å²) in [7, 11) is 0. The van der Waals surface area contributed by atoms with Crippen LogP contribution in [0, 0.1) is 0 Å². The lowest BCUT2D eigenvalue weighted by Gasteiger charge is -2.11. The van der Waals surface area contributed by atoms with E-state index in [4.69, 9.17) is 9.47 Å². The van der Waals surface area contributed by atoms with Gasteiger partial charge >= 0.3 is 0 Å². The third-order valence-corrected chi connectivity index (χ3v) is 2.26. The first-order valence-electron chi connectivity index (χ1n) is 5.76. The summed E-state index contributed by atoms with van der Waals surface area (Å²) in [4.78, 5) is 0. The van der Waals surface area contributed by atoms with E-state index in [2.05, 4.69) is 0 Å². The zero-order chi connectivity index (χ0) is 11.6. The highest BCUT2D eigenvalue weighted by Crippen LogP contribution is 2.09. The van der Waals surface area contributed by atoms with E-state index in [9.17, 15) is 5.11 Å². The van der Waals surface area contributed by atoms with E-state index in [1.807, 2.05) is 37.3 Å². The minimum absolute atomic E-state index is 0.338. The third-order valence-electron chi connectivity index (χ3n) is 2.26. The first-order valence-corrected chi connectivity index (χ1v) is 5.76. The monoisotopic (exact) mass is 224 g/mol. The highest BCUT2D eigenvalue weighted by Gasteiger charge is 2.04. The Labute approximate surface area is 97.0 Å². The van der Waals surface area contributed by atoms with Crippen molar-refractivity contribution < 1.29 is 14.6 Å². The van der Waals surface area contributed by atoms with Gasteiger partial charge in [-0.15, -0.1) is 0 Å². The fraction of sp³-hybridized carbons (Fsp3) is 0.538. The van der Waals surface area contributed by atoms with Gasteiger partial charge in [-0.05, 0) is 25.5 Å². The predicted molar refractivity (Wildman–Crippen MR) is 63.7 cm³/mol. The number of ether oxygens (including phenoxy) is 2. The lowest BCUT2D eigenvalue weighted by Crippen LogP contribution is -2.14. The van der Waals surface area contributed by atoms with Crippen molar-refractivity contribution in [1.82, 2.24) is 0 Å². The summed E-state index contributed by atoms with van der Waals surface area (Å²) in [5, 5.41) is 9.59. The molecule has 90 valence electrons. The number of para-hydroxylation sites is 1. The summed E-state index contributed by atoms with van der Waals surface area (Å²) >= 11 is 0. The minimum atomic E-state index is -0.338. The van der Waals surface area contributed by atoms with E-state index in [0.717, 1.165) is 5.75 Å². The lowest BCUT2D eigenvalue weighted by atomic mass is 10.2. The van der Waals surface area contributed by atoms with Crippen LogP contribution in [0.15, 0.2) is 30.3 Å². The van der Waals surface area contributed by atoms with Gasteiger partial charge in [-0.3, -0.25) is 0 Å². The van der Waals surface area contributed by atoms with Crippen molar-refractivity contribution in [1.29, 1.82) is 0 Å². The Morgan fingerprint density at radius 3 is 2.50 bits per heavy atom. The smallest absolute Gasteiger partial charge is 0.119 e. The maximum absolute atomic E-state index is 9.59. The molecule has 1 atom stereocenters. The maximum atomic E-state index is 9.59. The first-order chi connectivity index (χ1) is 7.83. The zero-order valence-electron chi connectivity index (χ0n) is 9.76. The Hall–Kier alpha value is -1.06. The van der Waals surface area contributed by atoms with Crippen LogP contribution in [0.4, 0.5) is 0 Å². The average molecular weight is 224 g/mol. The van der Waals surface area contributed by atoms with Crippen molar-refractivity contribution in [3.63, 3.8) is 0 Å². The molecule has 1 rings (SSSR count). The molecule has 0 saturated carbocycles. The van der Waals surface area contributed by atoms with E-state index < -0.39 is 0 Å². The van der Waals surface area contributed by atoms with Gasteiger partial charge in [-0.2, -0.15) is 0 Å². The molecule has 0 fully saturated rings. The molecule has 3 heteroatoms. The topological polar surface area (TPSA) is 38.7 Å². The van der Waals surface area contributed by atoms with Crippen LogP contribution in [0.25, 0.3) is 0 Å². The second-order valence-corrected chi connectivity index (χ2v) is 3.59. The van der Waals surface area contributed by atoms with Crippen molar-refractivity contribution in [2.24, 2.45) is 0 Å². The van der Waals surface area contributed by atoms with Crippen molar-refractivity contribution in [2.75, 3.05) is 19.8 Å². The minimum Gasteiger partial charge on any atom is -0.493 e. The highest BCUT2D eigenvalue weighted by molar-refractivity contribution is 5.20. The van der Waals surface area contributed by atoms with Crippen LogP contribution in [0.1, 0.15) is 19.8 Å². The molecule has 0 aliphatic heterocycles. The van der Waals surface area contributed by atoms with Gasteiger partial charge in [0.05, 0.1) is 12.7 Å². The summed E-state index contributed by atoms with van der Waals surface area (Å²) in [6.45, 7) is 3.80. The molecule has 0 heterocycles. The average Bonchev–Trinajstić information content (AvgIpc) is 2.31. The van der Waals surface area contributed by atoms with Gasteiger partial charge in [0.1, 0.15) is 5.75 Å². The highest BCUT2D eigenvalue weighted by atomic mass is 16.5. The van der Waals surface area contributed by atoms with Gasteiger partial charge < -0.3 is 14.6 Å². The van der Waals surface area contributed by atoms with Crippen LogP contribution in [0.5, 0.6) is 5.75 Å². The largest absolute Gasteiger partial charge is 0.493 e. The Morgan fingerprint density at radius 2 is 1.81 bits per heavy atom. The Morgan fingerprint density at radius 1 is 1.12 bits per heavy atom. The van der Waals surface area contributed by atoms with Crippen molar-refractivity contribution in [3.8, 4) is 5.75 Å². The van der Waals surface area contributed by atoms with E-state index in [1.54, 1.807) is 0 Å². The summed E-state index contributed by atoms with van der Waals surface area (Å²) in [6, 6.07) is 9.63. The van der Waals surface area contributed by atoms with E-state index in [0.29, 0.717) is 32.7 Å². The van der Waals surface area contributed by atoms with Crippen molar-refractivity contribution in [2.45, 2.75) is 25.9 Å². The standard InChI is InChI=1S/C13H20O3/c1-2-15-10-8-12(14)9-11-16-13-6-4-3-5-7-13/h3-7,12,14H,2,8-11H2,1H3. The number of benzene rings is 1. The van der Waals surface area contributed by atoms with Gasteiger partial charge in [0, 0.05) is 19.6 Å². The molecule has 1 N–H and O–H groups in total. The van der Waals surface area contributed by atoms with E-state index >= 15 is 0 Å². The van der Waals surface area contributed by atoms with Gasteiger partial charge in [-0.1, -0.05) is 18.2 Å². The van der Waals surface area contributed by atoms with E-state index in [-0.39, 0.29) is 6.10 Å². The maximum Gasteiger partial charge on any atom is 0.119 e. The Kier molecular flexibility index (Phi) is 6.61. The molecule has 0 aliphatic rings. The summed E-state index contributed by atoms with van der Waals surface area (Å²) in [6.07, 6.45) is 0.976. The normalized spacial score (nSPS) is 12.4. The Balaban J connectivity index is 2.06. The molecular weight excluding hydrogens is 204 g/mol. The van der Waals surface area contributed by atoms with Crippen molar-refractivity contribution >= 4 is 0 Å². The third kappa shape index (κ3) is 5.73. The fourth-order valence-electron chi connectivity index (χ4n) is 1.34. The molecule has 0 aromatic heterocycles. The summed E-state index contributed by atoms with van der Waals surface area (Å²) in [5.74, 6) is 0.847. The molecule has 0 saturated heterocycles. The van der Waals surface area contributed by atoms with Crippen LogP contribution in [-0.4, -0.2) is 31.0 Å². The van der Waals surface area contributed by atoms with Gasteiger partial charge in [0.2, 0.25) is 0 Å². The molecule has 0 radical (unpaired) electrons. The molecule has 0 spiro atoms. The second-order valence-electron chi connectivity index (χ2n) is 3.59. The molecule has 0 bridgehead atoms. The van der Waals surface area contributed by atoms with Crippen LogP contribution in [0.3, 0.4) is 0 Å². The zero-order valence-corrected chi connectivity index (χ0v) is 9.76. The molecule has 1 unspecified atom stereocenters. The number of hydrogen-bond acceptors (Lipinski definition) is 3. The predicted octanol–water partition coefficient (Wildman–Crippen LogP) is 2.24. The summed E-state index contributed by atoms with van der Waals surface area (Å²) < 4.78 is 10.7. The van der Waals surface area contributed by atoms with Crippen LogP contribution < -0.4 is 4.74 Å². The van der Waals surface area contributed by atoms with Crippen molar-refractivity contribution in [3.05, 3.63) is 30.3 Å². The molecule has 0 amide bonds. The second kappa shape index (κ2) is 8.13. The number of aliphatic hydroxyl groups is 1. The van der Waals surface area contributed by atoms with Crippen LogP contribution in [0.2, 0.25) is 0 Å². The van der Waals surface area contributed by atoms with Crippen LogP contribution in [-0.2, 0) is 4.74 Å². The molecule has 1 aromatic carbocycles. The number of aliphatic hydroxyl groups excluding tert-OH is 1. The van der Waals surface area contributed by atoms with E-state index in [1.165, 1.54) is 0 Å². The SMILES string of the molecule is CCOCCC(O)CCOc1ccccc1. The molecule has 3 nitrogen and oxygen atoms in total. The molecule has 0 aliphatic carbocycles. The first kappa shape index (κ1) is 13.0. The lowest BCUT2D eigenvalue weighted by molar-refractivity contribution is 0.0758.